The second-order valence-corrected chi connectivity index (χ2v) is 9.51. The van der Waals surface area contributed by atoms with E-state index in [1.165, 1.54) is 12.5 Å². The molecule has 0 atom stereocenters. The van der Waals surface area contributed by atoms with Gasteiger partial charge >= 0.3 is 0 Å². The third-order valence-corrected chi connectivity index (χ3v) is 5.94. The van der Waals surface area contributed by atoms with Gasteiger partial charge in [-0.25, -0.2) is 0 Å². The SMILES string of the molecule is CC(C)(C)NC(=O)CC1(C(=O)NC2CCN(C(=O)c3ccoc3)CC2)CCCC1. The highest BCUT2D eigenvalue weighted by Crippen LogP contribution is 2.41. The van der Waals surface area contributed by atoms with Crippen LogP contribution in [0.2, 0.25) is 0 Å². The third kappa shape index (κ3) is 5.40. The molecule has 1 aliphatic carbocycles. The first-order chi connectivity index (χ1) is 13.7. The van der Waals surface area contributed by atoms with Gasteiger partial charge in [-0.05, 0) is 52.5 Å². The van der Waals surface area contributed by atoms with Crippen LogP contribution < -0.4 is 10.6 Å². The molecule has 2 heterocycles. The summed E-state index contributed by atoms with van der Waals surface area (Å²) in [5, 5.41) is 6.18. The Labute approximate surface area is 172 Å². The van der Waals surface area contributed by atoms with E-state index >= 15 is 0 Å². The summed E-state index contributed by atoms with van der Waals surface area (Å²) in [7, 11) is 0. The molecule has 29 heavy (non-hydrogen) atoms. The summed E-state index contributed by atoms with van der Waals surface area (Å²) in [6, 6.07) is 1.71. The smallest absolute Gasteiger partial charge is 0.257 e. The Bertz CT molecular complexity index is 722. The molecule has 3 rings (SSSR count). The fraction of sp³-hybridized carbons (Fsp3) is 0.682. The Hall–Kier alpha value is -2.31. The van der Waals surface area contributed by atoms with Crippen molar-refractivity contribution < 1.29 is 18.8 Å². The summed E-state index contributed by atoms with van der Waals surface area (Å²) in [4.78, 5) is 39.9. The normalized spacial score (nSPS) is 19.8. The molecule has 7 nitrogen and oxygen atoms in total. The molecular weight excluding hydrogens is 370 g/mol. The molecule has 1 aromatic rings. The summed E-state index contributed by atoms with van der Waals surface area (Å²) in [6.07, 6.45) is 8.12. The van der Waals surface area contributed by atoms with Gasteiger partial charge in [0.05, 0.1) is 17.2 Å². The number of carbonyl (C=O) groups is 3. The highest BCUT2D eigenvalue weighted by Gasteiger charge is 2.44. The molecule has 2 fully saturated rings. The Kier molecular flexibility index (Phi) is 6.34. The van der Waals surface area contributed by atoms with Crippen LogP contribution in [0.3, 0.4) is 0 Å². The predicted molar refractivity (Wildman–Crippen MR) is 109 cm³/mol. The maximum Gasteiger partial charge on any atom is 0.257 e. The molecule has 2 aliphatic rings. The number of likely N-dealkylation sites (tertiary alicyclic amines) is 1. The van der Waals surface area contributed by atoms with Gasteiger partial charge in [0.25, 0.3) is 5.91 Å². The van der Waals surface area contributed by atoms with Gasteiger partial charge < -0.3 is 20.0 Å². The zero-order chi connectivity index (χ0) is 21.1. The van der Waals surface area contributed by atoms with E-state index < -0.39 is 5.41 Å². The van der Waals surface area contributed by atoms with Crippen LogP contribution >= 0.6 is 0 Å². The van der Waals surface area contributed by atoms with Crippen molar-refractivity contribution in [2.75, 3.05) is 13.1 Å². The molecule has 3 amide bonds. The maximum atomic E-state index is 13.2. The molecule has 0 spiro atoms. The highest BCUT2D eigenvalue weighted by molar-refractivity contribution is 5.94. The van der Waals surface area contributed by atoms with Gasteiger partial charge in [-0.2, -0.15) is 0 Å². The predicted octanol–water partition coefficient (Wildman–Crippen LogP) is 2.87. The highest BCUT2D eigenvalue weighted by atomic mass is 16.3. The lowest BCUT2D eigenvalue weighted by Crippen LogP contribution is -2.51. The van der Waals surface area contributed by atoms with Crippen molar-refractivity contribution >= 4 is 17.7 Å². The summed E-state index contributed by atoms with van der Waals surface area (Å²) in [6.45, 7) is 7.06. The lowest BCUT2D eigenvalue weighted by atomic mass is 9.80. The van der Waals surface area contributed by atoms with Crippen LogP contribution in [0.15, 0.2) is 23.0 Å². The van der Waals surface area contributed by atoms with Crippen molar-refractivity contribution in [1.82, 2.24) is 15.5 Å². The zero-order valence-electron chi connectivity index (χ0n) is 17.8. The van der Waals surface area contributed by atoms with Crippen LogP contribution in [0.25, 0.3) is 0 Å². The molecule has 0 unspecified atom stereocenters. The average molecular weight is 404 g/mol. The summed E-state index contributed by atoms with van der Waals surface area (Å²) < 4.78 is 4.99. The van der Waals surface area contributed by atoms with Crippen LogP contribution in [0.5, 0.6) is 0 Å². The lowest BCUT2D eigenvalue weighted by Gasteiger charge is -2.35. The standard InChI is InChI=1S/C22H33N3O4/c1-21(2,3)24-18(26)14-22(9-4-5-10-22)20(28)23-17-6-11-25(12-7-17)19(27)16-8-13-29-15-16/h8,13,15,17H,4-7,9-12,14H2,1-3H3,(H,23,28)(H,24,26). The van der Waals surface area contributed by atoms with E-state index in [4.69, 9.17) is 4.42 Å². The van der Waals surface area contributed by atoms with E-state index in [1.807, 2.05) is 20.8 Å². The monoisotopic (exact) mass is 403 g/mol. The van der Waals surface area contributed by atoms with E-state index in [2.05, 4.69) is 10.6 Å². The molecule has 0 aromatic carbocycles. The first-order valence-corrected chi connectivity index (χ1v) is 10.6. The largest absolute Gasteiger partial charge is 0.472 e. The minimum atomic E-state index is -0.598. The molecule has 0 radical (unpaired) electrons. The number of nitrogens with zero attached hydrogens (tertiary/aromatic N) is 1. The van der Waals surface area contributed by atoms with Gasteiger partial charge in [0.2, 0.25) is 11.8 Å². The molecule has 160 valence electrons. The van der Waals surface area contributed by atoms with E-state index in [-0.39, 0.29) is 35.7 Å². The molecule has 1 saturated heterocycles. The molecule has 0 bridgehead atoms. The quantitative estimate of drug-likeness (QED) is 0.791. The van der Waals surface area contributed by atoms with Crippen LogP contribution in [-0.2, 0) is 9.59 Å². The van der Waals surface area contributed by atoms with Gasteiger partial charge in [-0.15, -0.1) is 0 Å². The first kappa shape index (κ1) is 21.4. The Morgan fingerprint density at radius 1 is 1.17 bits per heavy atom. The third-order valence-electron chi connectivity index (χ3n) is 5.94. The summed E-state index contributed by atoms with van der Waals surface area (Å²) in [5.41, 5.74) is -0.344. The lowest BCUT2D eigenvalue weighted by molar-refractivity contribution is -0.137. The van der Waals surface area contributed by atoms with Crippen LogP contribution in [0.4, 0.5) is 0 Å². The van der Waals surface area contributed by atoms with Crippen molar-refractivity contribution in [2.24, 2.45) is 5.41 Å². The van der Waals surface area contributed by atoms with Gasteiger partial charge in [-0.3, -0.25) is 14.4 Å². The van der Waals surface area contributed by atoms with E-state index in [1.54, 1.807) is 11.0 Å². The molecule has 1 aliphatic heterocycles. The van der Waals surface area contributed by atoms with Crippen molar-refractivity contribution in [3.63, 3.8) is 0 Å². The molecule has 1 aromatic heterocycles. The topological polar surface area (TPSA) is 91.7 Å². The van der Waals surface area contributed by atoms with Gasteiger partial charge in [0, 0.05) is 31.1 Å². The number of nitrogens with one attached hydrogen (secondary N) is 2. The summed E-state index contributed by atoms with van der Waals surface area (Å²) in [5.74, 6) is -0.0941. The first-order valence-electron chi connectivity index (χ1n) is 10.6. The molecular formula is C22H33N3O4. The van der Waals surface area contributed by atoms with Gasteiger partial charge in [0.1, 0.15) is 6.26 Å². The fourth-order valence-corrected chi connectivity index (χ4v) is 4.44. The van der Waals surface area contributed by atoms with E-state index in [0.29, 0.717) is 18.7 Å². The van der Waals surface area contributed by atoms with E-state index in [0.717, 1.165) is 38.5 Å². The van der Waals surface area contributed by atoms with Gasteiger partial charge in [-0.1, -0.05) is 12.8 Å². The zero-order valence-corrected chi connectivity index (χ0v) is 17.8. The van der Waals surface area contributed by atoms with Crippen molar-refractivity contribution in [3.05, 3.63) is 24.2 Å². The van der Waals surface area contributed by atoms with Crippen molar-refractivity contribution in [1.29, 1.82) is 0 Å². The Morgan fingerprint density at radius 3 is 2.38 bits per heavy atom. The van der Waals surface area contributed by atoms with Crippen LogP contribution in [0.1, 0.15) is 76.1 Å². The number of carbonyl (C=O) groups excluding carboxylic acids is 3. The van der Waals surface area contributed by atoms with Crippen LogP contribution in [-0.4, -0.2) is 47.3 Å². The minimum absolute atomic E-state index is 0.00123. The number of hydrogen-bond acceptors (Lipinski definition) is 4. The second-order valence-electron chi connectivity index (χ2n) is 9.51. The number of hydrogen-bond donors (Lipinski definition) is 2. The second kappa shape index (κ2) is 8.59. The molecule has 7 heteroatoms. The number of furan rings is 1. The summed E-state index contributed by atoms with van der Waals surface area (Å²) >= 11 is 0. The number of piperidine rings is 1. The number of rotatable bonds is 5. The van der Waals surface area contributed by atoms with Crippen molar-refractivity contribution in [2.45, 2.75) is 77.3 Å². The molecule has 2 N–H and O–H groups in total. The Morgan fingerprint density at radius 2 is 1.83 bits per heavy atom. The Balaban J connectivity index is 1.54. The minimum Gasteiger partial charge on any atom is -0.472 e. The average Bonchev–Trinajstić information content (AvgIpc) is 3.32. The number of amides is 3. The van der Waals surface area contributed by atoms with Gasteiger partial charge in [0.15, 0.2) is 0 Å². The fourth-order valence-electron chi connectivity index (χ4n) is 4.44. The van der Waals surface area contributed by atoms with Crippen LogP contribution in [0, 0.1) is 5.41 Å². The maximum absolute atomic E-state index is 13.2. The van der Waals surface area contributed by atoms with Crippen molar-refractivity contribution in [3.8, 4) is 0 Å². The van der Waals surface area contributed by atoms with E-state index in [9.17, 15) is 14.4 Å². The molecule has 1 saturated carbocycles.